The van der Waals surface area contributed by atoms with Crippen molar-refractivity contribution in [2.75, 3.05) is 13.7 Å². The van der Waals surface area contributed by atoms with Crippen LogP contribution in [0, 0.1) is 0 Å². The average Bonchev–Trinajstić information content (AvgIpc) is 2.95. The maximum atomic E-state index is 12.7. The fraction of sp³-hybridized carbons (Fsp3) is 0.467. The van der Waals surface area contributed by atoms with Crippen LogP contribution in [-0.2, 0) is 19.9 Å². The van der Waals surface area contributed by atoms with Crippen molar-refractivity contribution >= 4 is 11.9 Å². The van der Waals surface area contributed by atoms with Gasteiger partial charge in [0.15, 0.2) is 0 Å². The van der Waals surface area contributed by atoms with Crippen LogP contribution in [0.25, 0.3) is 0 Å². The van der Waals surface area contributed by atoms with Gasteiger partial charge in [-0.3, -0.25) is 4.79 Å². The molecule has 0 aliphatic carbocycles. The minimum Gasteiger partial charge on any atom is -0.467 e. The van der Waals surface area contributed by atoms with Crippen molar-refractivity contribution in [2.45, 2.75) is 31.3 Å². The predicted octanol–water partition coefficient (Wildman–Crippen LogP) is 1.02. The van der Waals surface area contributed by atoms with Crippen LogP contribution in [0.15, 0.2) is 30.3 Å². The molecule has 1 fully saturated rings. The lowest BCUT2D eigenvalue weighted by Crippen LogP contribution is -2.54. The number of nitrogens with two attached hydrogens (primary N) is 1. The van der Waals surface area contributed by atoms with Crippen molar-refractivity contribution in [1.82, 2.24) is 4.90 Å². The lowest BCUT2D eigenvalue weighted by molar-refractivity contribution is -0.152. The molecule has 2 rings (SSSR count). The largest absolute Gasteiger partial charge is 0.467 e. The molecule has 0 radical (unpaired) electrons. The summed E-state index contributed by atoms with van der Waals surface area (Å²) in [7, 11) is 1.34. The van der Waals surface area contributed by atoms with E-state index in [1.807, 2.05) is 30.3 Å². The summed E-state index contributed by atoms with van der Waals surface area (Å²) in [5.74, 6) is -0.615. The van der Waals surface area contributed by atoms with E-state index >= 15 is 0 Å². The third kappa shape index (κ3) is 2.54. The highest BCUT2D eigenvalue weighted by atomic mass is 16.5. The van der Waals surface area contributed by atoms with Crippen LogP contribution >= 0.6 is 0 Å². The summed E-state index contributed by atoms with van der Waals surface area (Å²) >= 11 is 0. The van der Waals surface area contributed by atoms with E-state index in [2.05, 4.69) is 0 Å². The first-order chi connectivity index (χ1) is 9.48. The monoisotopic (exact) mass is 276 g/mol. The number of esters is 1. The van der Waals surface area contributed by atoms with Crippen molar-refractivity contribution in [3.8, 4) is 0 Å². The van der Waals surface area contributed by atoms with E-state index in [4.69, 9.17) is 10.5 Å². The van der Waals surface area contributed by atoms with Crippen LogP contribution in [-0.4, -0.2) is 36.5 Å². The highest BCUT2D eigenvalue weighted by Crippen LogP contribution is 2.26. The molecule has 1 saturated heterocycles. The van der Waals surface area contributed by atoms with E-state index in [-0.39, 0.29) is 11.9 Å². The zero-order valence-electron chi connectivity index (χ0n) is 11.8. The zero-order chi connectivity index (χ0) is 14.8. The van der Waals surface area contributed by atoms with Crippen LogP contribution in [0.2, 0.25) is 0 Å². The normalized spacial score (nSPS) is 21.4. The number of nitrogens with zero attached hydrogens (tertiary/aromatic N) is 1. The highest BCUT2D eigenvalue weighted by Gasteiger charge is 2.42. The van der Waals surface area contributed by atoms with E-state index in [0.29, 0.717) is 13.0 Å². The van der Waals surface area contributed by atoms with Gasteiger partial charge in [0.25, 0.3) is 0 Å². The summed E-state index contributed by atoms with van der Waals surface area (Å²) in [6.45, 7) is 2.22. The number of likely N-dealkylation sites (tertiary alicyclic amines) is 1. The second kappa shape index (κ2) is 5.63. The SMILES string of the molecule is COC(=O)C1CCCN1C(=O)C(C)(N)c1ccccc1. The van der Waals surface area contributed by atoms with Gasteiger partial charge in [-0.15, -0.1) is 0 Å². The molecule has 1 amide bonds. The molecule has 1 aliphatic heterocycles. The summed E-state index contributed by atoms with van der Waals surface area (Å²) in [4.78, 5) is 26.0. The second-order valence-electron chi connectivity index (χ2n) is 5.25. The fourth-order valence-electron chi connectivity index (χ4n) is 2.60. The number of benzene rings is 1. The molecule has 2 atom stereocenters. The third-order valence-electron chi connectivity index (χ3n) is 3.80. The van der Waals surface area contributed by atoms with E-state index in [9.17, 15) is 9.59 Å². The number of amides is 1. The first kappa shape index (κ1) is 14.5. The summed E-state index contributed by atoms with van der Waals surface area (Å²) in [6, 6.07) is 8.68. The molecule has 0 aromatic heterocycles. The molecule has 1 aromatic carbocycles. The number of carbonyl (C=O) groups is 2. The predicted molar refractivity (Wildman–Crippen MR) is 74.7 cm³/mol. The van der Waals surface area contributed by atoms with Crippen molar-refractivity contribution in [2.24, 2.45) is 5.73 Å². The topological polar surface area (TPSA) is 72.6 Å². The Labute approximate surface area is 118 Å². The zero-order valence-corrected chi connectivity index (χ0v) is 11.8. The Morgan fingerprint density at radius 3 is 2.60 bits per heavy atom. The molecule has 0 bridgehead atoms. The van der Waals surface area contributed by atoms with Gasteiger partial charge in [0.1, 0.15) is 11.6 Å². The number of methoxy groups -OCH3 is 1. The lowest BCUT2D eigenvalue weighted by atomic mass is 9.91. The van der Waals surface area contributed by atoms with Gasteiger partial charge in [-0.05, 0) is 25.3 Å². The van der Waals surface area contributed by atoms with Crippen molar-refractivity contribution < 1.29 is 14.3 Å². The Hall–Kier alpha value is -1.88. The summed E-state index contributed by atoms with van der Waals surface area (Å²) in [5.41, 5.74) is 5.82. The average molecular weight is 276 g/mol. The van der Waals surface area contributed by atoms with Crippen molar-refractivity contribution in [3.05, 3.63) is 35.9 Å². The lowest BCUT2D eigenvalue weighted by Gasteiger charge is -2.32. The summed E-state index contributed by atoms with van der Waals surface area (Å²) < 4.78 is 4.76. The van der Waals surface area contributed by atoms with Gasteiger partial charge in [-0.2, -0.15) is 0 Å². The smallest absolute Gasteiger partial charge is 0.328 e. The highest BCUT2D eigenvalue weighted by molar-refractivity contribution is 5.91. The number of hydrogen-bond donors (Lipinski definition) is 1. The fourth-order valence-corrected chi connectivity index (χ4v) is 2.60. The van der Waals surface area contributed by atoms with Gasteiger partial charge < -0.3 is 15.4 Å². The standard InChI is InChI=1S/C15H20N2O3/c1-15(16,11-7-4-3-5-8-11)14(19)17-10-6-9-12(17)13(18)20-2/h3-5,7-8,12H,6,9-10,16H2,1-2H3. The van der Waals surface area contributed by atoms with Gasteiger partial charge in [-0.25, -0.2) is 4.79 Å². The van der Waals surface area contributed by atoms with Gasteiger partial charge in [0, 0.05) is 6.54 Å². The Kier molecular flexibility index (Phi) is 4.09. The first-order valence-corrected chi connectivity index (χ1v) is 6.71. The molecular formula is C15H20N2O3. The quantitative estimate of drug-likeness (QED) is 0.837. The van der Waals surface area contributed by atoms with Gasteiger partial charge >= 0.3 is 5.97 Å². The Morgan fingerprint density at radius 1 is 1.35 bits per heavy atom. The first-order valence-electron chi connectivity index (χ1n) is 6.71. The molecule has 1 aromatic rings. The molecule has 5 nitrogen and oxygen atoms in total. The van der Waals surface area contributed by atoms with Gasteiger partial charge in [0.2, 0.25) is 5.91 Å². The van der Waals surface area contributed by atoms with E-state index < -0.39 is 11.6 Å². The van der Waals surface area contributed by atoms with Crippen molar-refractivity contribution in [3.63, 3.8) is 0 Å². The molecule has 1 aliphatic rings. The van der Waals surface area contributed by atoms with Gasteiger partial charge in [0.05, 0.1) is 7.11 Å². The van der Waals surface area contributed by atoms with E-state index in [1.54, 1.807) is 11.8 Å². The van der Waals surface area contributed by atoms with Crippen molar-refractivity contribution in [1.29, 1.82) is 0 Å². The Balaban J connectivity index is 2.24. The molecule has 0 spiro atoms. The van der Waals surface area contributed by atoms with Crippen LogP contribution in [0.3, 0.4) is 0 Å². The Morgan fingerprint density at radius 2 is 2.00 bits per heavy atom. The molecule has 5 heteroatoms. The minimum atomic E-state index is -1.14. The Bertz CT molecular complexity index is 499. The molecule has 1 heterocycles. The molecule has 108 valence electrons. The summed E-state index contributed by atoms with van der Waals surface area (Å²) in [6.07, 6.45) is 1.42. The number of rotatable bonds is 3. The molecule has 20 heavy (non-hydrogen) atoms. The number of hydrogen-bond acceptors (Lipinski definition) is 4. The molecule has 0 saturated carbocycles. The minimum absolute atomic E-state index is 0.239. The molecule has 2 N–H and O–H groups in total. The maximum absolute atomic E-state index is 12.7. The third-order valence-corrected chi connectivity index (χ3v) is 3.80. The van der Waals surface area contributed by atoms with Gasteiger partial charge in [-0.1, -0.05) is 30.3 Å². The second-order valence-corrected chi connectivity index (χ2v) is 5.25. The maximum Gasteiger partial charge on any atom is 0.328 e. The molecular weight excluding hydrogens is 256 g/mol. The van der Waals surface area contributed by atoms with E-state index in [1.165, 1.54) is 7.11 Å². The number of ether oxygens (including phenoxy) is 1. The van der Waals surface area contributed by atoms with E-state index in [0.717, 1.165) is 12.0 Å². The van der Waals surface area contributed by atoms with Crippen LogP contribution in [0.5, 0.6) is 0 Å². The van der Waals surface area contributed by atoms with Crippen LogP contribution in [0.4, 0.5) is 0 Å². The van der Waals surface area contributed by atoms with Crippen LogP contribution < -0.4 is 5.73 Å². The summed E-state index contributed by atoms with van der Waals surface area (Å²) in [5, 5.41) is 0. The van der Waals surface area contributed by atoms with Crippen LogP contribution in [0.1, 0.15) is 25.3 Å². The molecule has 2 unspecified atom stereocenters. The number of carbonyl (C=O) groups excluding carboxylic acids is 2.